The minimum atomic E-state index is -0.229. The number of aliphatic hydroxyl groups excluding tert-OH is 1. The largest absolute Gasteiger partial charge is 0.396 e. The zero-order chi connectivity index (χ0) is 15.6. The van der Waals surface area contributed by atoms with Crippen LogP contribution in [0.1, 0.15) is 22.7 Å². The number of aryl methyl sites for hydroxylation is 2. The first-order chi connectivity index (χ1) is 10.8. The molecule has 0 atom stereocenters. The molecule has 1 heterocycles. The van der Waals surface area contributed by atoms with Crippen LogP contribution in [0.25, 0.3) is 0 Å². The fourth-order valence-corrected chi connectivity index (χ4v) is 2.75. The molecule has 0 saturated carbocycles. The predicted octanol–water partition coefficient (Wildman–Crippen LogP) is 2.11. The van der Waals surface area contributed by atoms with Crippen molar-refractivity contribution in [1.29, 1.82) is 0 Å². The molecule has 0 aliphatic rings. The Morgan fingerprint density at radius 2 is 2.00 bits per heavy atom. The summed E-state index contributed by atoms with van der Waals surface area (Å²) >= 11 is 1.63. The summed E-state index contributed by atoms with van der Waals surface area (Å²) in [6.07, 6.45) is 2.45. The molecule has 0 bridgehead atoms. The van der Waals surface area contributed by atoms with E-state index >= 15 is 0 Å². The number of urea groups is 1. The summed E-state index contributed by atoms with van der Waals surface area (Å²) < 4.78 is 0. The van der Waals surface area contributed by atoms with E-state index in [1.54, 1.807) is 11.3 Å². The third kappa shape index (κ3) is 5.83. The van der Waals surface area contributed by atoms with Gasteiger partial charge in [0.2, 0.25) is 0 Å². The van der Waals surface area contributed by atoms with Gasteiger partial charge in [-0.05, 0) is 18.4 Å². The van der Waals surface area contributed by atoms with Gasteiger partial charge in [0.05, 0.1) is 17.2 Å². The minimum absolute atomic E-state index is 0.0805. The van der Waals surface area contributed by atoms with E-state index in [1.165, 1.54) is 5.56 Å². The molecule has 0 radical (unpaired) electrons. The van der Waals surface area contributed by atoms with Crippen LogP contribution < -0.4 is 10.6 Å². The van der Waals surface area contributed by atoms with Crippen LogP contribution in [-0.2, 0) is 19.4 Å². The molecule has 0 unspecified atom stereocenters. The smallest absolute Gasteiger partial charge is 0.315 e. The highest BCUT2D eigenvalue weighted by molar-refractivity contribution is 7.09. The van der Waals surface area contributed by atoms with Crippen LogP contribution in [0.15, 0.2) is 35.7 Å². The highest BCUT2D eigenvalue weighted by atomic mass is 32.1. The molecule has 0 aliphatic heterocycles. The Kier molecular flexibility index (Phi) is 6.86. The van der Waals surface area contributed by atoms with Crippen molar-refractivity contribution >= 4 is 17.4 Å². The number of hydrogen-bond acceptors (Lipinski definition) is 4. The standard InChI is InChI=1S/C16H21N3O2S/c20-10-4-9-17-16(21)18-11-14-12-22-15(19-14)8-7-13-5-2-1-3-6-13/h1-3,5-6,12,20H,4,7-11H2,(H2,17,18,21). The van der Waals surface area contributed by atoms with Crippen molar-refractivity contribution in [2.24, 2.45) is 0 Å². The summed E-state index contributed by atoms with van der Waals surface area (Å²) in [5.41, 5.74) is 2.19. The van der Waals surface area contributed by atoms with Gasteiger partial charge in [-0.15, -0.1) is 11.3 Å². The quantitative estimate of drug-likeness (QED) is 0.652. The van der Waals surface area contributed by atoms with Crippen LogP contribution in [0, 0.1) is 0 Å². The monoisotopic (exact) mass is 319 g/mol. The third-order valence-corrected chi connectivity index (χ3v) is 4.08. The molecule has 2 rings (SSSR count). The fraction of sp³-hybridized carbons (Fsp3) is 0.375. The van der Waals surface area contributed by atoms with Gasteiger partial charge in [0.15, 0.2) is 0 Å². The van der Waals surface area contributed by atoms with Gasteiger partial charge in [-0.1, -0.05) is 30.3 Å². The highest BCUT2D eigenvalue weighted by Crippen LogP contribution is 2.13. The van der Waals surface area contributed by atoms with Gasteiger partial charge in [-0.2, -0.15) is 0 Å². The number of hydrogen-bond donors (Lipinski definition) is 3. The molecule has 1 aromatic carbocycles. The first kappa shape index (κ1) is 16.5. The second-order valence-corrected chi connectivity index (χ2v) is 5.85. The summed E-state index contributed by atoms with van der Waals surface area (Å²) in [5.74, 6) is 0. The molecule has 3 N–H and O–H groups in total. The molecule has 0 fully saturated rings. The van der Waals surface area contributed by atoms with Crippen molar-refractivity contribution < 1.29 is 9.90 Å². The summed E-state index contributed by atoms with van der Waals surface area (Å²) in [5, 5.41) is 17.1. The molecular weight excluding hydrogens is 298 g/mol. The Balaban J connectivity index is 1.71. The van der Waals surface area contributed by atoms with Crippen LogP contribution in [-0.4, -0.2) is 29.3 Å². The van der Waals surface area contributed by atoms with Gasteiger partial charge in [-0.3, -0.25) is 0 Å². The average molecular weight is 319 g/mol. The predicted molar refractivity (Wildman–Crippen MR) is 87.9 cm³/mol. The third-order valence-electron chi connectivity index (χ3n) is 3.12. The van der Waals surface area contributed by atoms with Gasteiger partial charge in [0.25, 0.3) is 0 Å². The lowest BCUT2D eigenvalue weighted by atomic mass is 10.1. The summed E-state index contributed by atoms with van der Waals surface area (Å²) in [4.78, 5) is 16.0. The van der Waals surface area contributed by atoms with Crippen LogP contribution in [0.5, 0.6) is 0 Å². The van der Waals surface area contributed by atoms with E-state index in [-0.39, 0.29) is 12.6 Å². The average Bonchev–Trinajstić information content (AvgIpc) is 3.00. The van der Waals surface area contributed by atoms with E-state index in [0.717, 1.165) is 23.5 Å². The normalized spacial score (nSPS) is 10.4. The molecular formula is C16H21N3O2S. The van der Waals surface area contributed by atoms with Crippen molar-refractivity contribution in [1.82, 2.24) is 15.6 Å². The molecule has 1 aromatic heterocycles. The highest BCUT2D eigenvalue weighted by Gasteiger charge is 2.05. The van der Waals surface area contributed by atoms with Crippen LogP contribution in [0.2, 0.25) is 0 Å². The Bertz CT molecular complexity index is 572. The molecule has 22 heavy (non-hydrogen) atoms. The SMILES string of the molecule is O=C(NCCCO)NCc1csc(CCc2ccccc2)n1. The lowest BCUT2D eigenvalue weighted by molar-refractivity contribution is 0.237. The Labute approximate surface area is 134 Å². The van der Waals surface area contributed by atoms with Gasteiger partial charge in [0.1, 0.15) is 0 Å². The maximum atomic E-state index is 11.5. The molecule has 118 valence electrons. The van der Waals surface area contributed by atoms with E-state index in [9.17, 15) is 4.79 Å². The topological polar surface area (TPSA) is 74.2 Å². The van der Waals surface area contributed by atoms with E-state index in [4.69, 9.17) is 5.11 Å². The number of amides is 2. The van der Waals surface area contributed by atoms with Crippen molar-refractivity contribution in [3.05, 3.63) is 52.0 Å². The van der Waals surface area contributed by atoms with E-state index in [2.05, 4.69) is 27.8 Å². The van der Waals surface area contributed by atoms with Crippen LogP contribution in [0.4, 0.5) is 4.79 Å². The van der Waals surface area contributed by atoms with Gasteiger partial charge < -0.3 is 15.7 Å². The lowest BCUT2D eigenvalue weighted by Crippen LogP contribution is -2.35. The van der Waals surface area contributed by atoms with E-state index in [0.29, 0.717) is 19.5 Å². The Hall–Kier alpha value is -1.92. The van der Waals surface area contributed by atoms with Crippen molar-refractivity contribution in [2.45, 2.75) is 25.8 Å². The van der Waals surface area contributed by atoms with E-state index in [1.807, 2.05) is 23.6 Å². The lowest BCUT2D eigenvalue weighted by Gasteiger charge is -2.05. The second-order valence-electron chi connectivity index (χ2n) is 4.90. The number of aromatic nitrogens is 1. The van der Waals surface area contributed by atoms with Crippen molar-refractivity contribution in [3.8, 4) is 0 Å². The number of benzene rings is 1. The maximum absolute atomic E-state index is 11.5. The van der Waals surface area contributed by atoms with Gasteiger partial charge in [0, 0.05) is 25.0 Å². The molecule has 0 saturated heterocycles. The number of rotatable bonds is 8. The van der Waals surface area contributed by atoms with E-state index < -0.39 is 0 Å². The van der Waals surface area contributed by atoms with Crippen LogP contribution >= 0.6 is 11.3 Å². The number of carbonyl (C=O) groups excluding carboxylic acids is 1. The maximum Gasteiger partial charge on any atom is 0.315 e. The van der Waals surface area contributed by atoms with Crippen LogP contribution in [0.3, 0.4) is 0 Å². The van der Waals surface area contributed by atoms with Crippen molar-refractivity contribution in [3.63, 3.8) is 0 Å². The fourth-order valence-electron chi connectivity index (χ4n) is 1.96. The van der Waals surface area contributed by atoms with Gasteiger partial charge in [-0.25, -0.2) is 9.78 Å². The molecule has 6 heteroatoms. The second kappa shape index (κ2) is 9.17. The number of aliphatic hydroxyl groups is 1. The molecule has 2 amide bonds. The Morgan fingerprint density at radius 1 is 1.18 bits per heavy atom. The summed E-state index contributed by atoms with van der Waals surface area (Å²) in [6.45, 7) is 0.978. The van der Waals surface area contributed by atoms with Gasteiger partial charge >= 0.3 is 6.03 Å². The number of nitrogens with one attached hydrogen (secondary N) is 2. The zero-order valence-corrected chi connectivity index (χ0v) is 13.2. The van der Waals surface area contributed by atoms with Crippen molar-refractivity contribution in [2.75, 3.05) is 13.2 Å². The number of carbonyl (C=O) groups is 1. The number of thiazole rings is 1. The molecule has 0 spiro atoms. The summed E-state index contributed by atoms with van der Waals surface area (Å²) in [6, 6.07) is 10.1. The molecule has 2 aromatic rings. The first-order valence-corrected chi connectivity index (χ1v) is 8.25. The number of nitrogens with zero attached hydrogens (tertiary/aromatic N) is 1. The first-order valence-electron chi connectivity index (χ1n) is 7.37. The molecule has 0 aliphatic carbocycles. The Morgan fingerprint density at radius 3 is 2.77 bits per heavy atom. The zero-order valence-electron chi connectivity index (χ0n) is 12.4. The summed E-state index contributed by atoms with van der Waals surface area (Å²) in [7, 11) is 0. The minimum Gasteiger partial charge on any atom is -0.396 e. The molecule has 5 nitrogen and oxygen atoms in total.